The van der Waals surface area contributed by atoms with Crippen LogP contribution < -0.4 is 5.32 Å². The van der Waals surface area contributed by atoms with Gasteiger partial charge in [-0.2, -0.15) is 0 Å². The van der Waals surface area contributed by atoms with Crippen molar-refractivity contribution >= 4 is 28.4 Å². The Morgan fingerprint density at radius 3 is 2.76 bits per heavy atom. The molecular formula is C13H14N4O4. The van der Waals surface area contributed by atoms with Crippen LogP contribution in [0.3, 0.4) is 0 Å². The second-order valence-corrected chi connectivity index (χ2v) is 4.80. The highest BCUT2D eigenvalue weighted by Crippen LogP contribution is 2.27. The van der Waals surface area contributed by atoms with Gasteiger partial charge in [0.2, 0.25) is 0 Å². The summed E-state index contributed by atoms with van der Waals surface area (Å²) in [6.07, 6.45) is 1.61. The third-order valence-corrected chi connectivity index (χ3v) is 3.40. The first-order chi connectivity index (χ1) is 9.87. The standard InChI is InChI=1S/C13H14N4O4/c1-3-13(2,12(18)19)16-11-9-6-8(17(20)21)4-5-10(9)14-7-15-11/h4-7H,3H2,1-2H3,(H,18,19)(H,14,15,16). The summed E-state index contributed by atoms with van der Waals surface area (Å²) in [6.45, 7) is 3.26. The van der Waals surface area contributed by atoms with Crippen molar-refractivity contribution < 1.29 is 14.8 Å². The number of fused-ring (bicyclic) bond motifs is 1. The molecule has 0 aliphatic carbocycles. The molecule has 0 saturated carbocycles. The molecule has 1 unspecified atom stereocenters. The fourth-order valence-corrected chi connectivity index (χ4v) is 1.81. The van der Waals surface area contributed by atoms with Crippen LogP contribution in [0.2, 0.25) is 0 Å². The lowest BCUT2D eigenvalue weighted by Gasteiger charge is -2.25. The third kappa shape index (κ3) is 2.73. The number of benzene rings is 1. The molecule has 2 rings (SSSR count). The van der Waals surface area contributed by atoms with Crippen LogP contribution in [0.4, 0.5) is 11.5 Å². The molecule has 0 bridgehead atoms. The highest BCUT2D eigenvalue weighted by atomic mass is 16.6. The number of anilines is 1. The van der Waals surface area contributed by atoms with Crippen molar-refractivity contribution in [2.45, 2.75) is 25.8 Å². The van der Waals surface area contributed by atoms with E-state index in [1.54, 1.807) is 6.92 Å². The second-order valence-electron chi connectivity index (χ2n) is 4.80. The molecule has 0 saturated heterocycles. The van der Waals surface area contributed by atoms with Crippen molar-refractivity contribution in [3.05, 3.63) is 34.6 Å². The van der Waals surface area contributed by atoms with Crippen LogP contribution >= 0.6 is 0 Å². The van der Waals surface area contributed by atoms with Crippen LogP contribution in [-0.4, -0.2) is 31.5 Å². The molecule has 2 N–H and O–H groups in total. The SMILES string of the molecule is CCC(C)(Nc1ncnc2ccc([N+](=O)[O-])cc12)C(=O)O. The minimum Gasteiger partial charge on any atom is -0.480 e. The molecule has 0 aliphatic rings. The first-order valence-electron chi connectivity index (χ1n) is 6.28. The summed E-state index contributed by atoms with van der Waals surface area (Å²) in [5, 5.41) is 23.4. The molecule has 1 atom stereocenters. The number of aromatic nitrogens is 2. The lowest BCUT2D eigenvalue weighted by atomic mass is 9.99. The van der Waals surface area contributed by atoms with E-state index in [0.29, 0.717) is 17.3 Å². The predicted octanol–water partition coefficient (Wildman–Crippen LogP) is 2.20. The van der Waals surface area contributed by atoms with Crippen molar-refractivity contribution in [3.8, 4) is 0 Å². The van der Waals surface area contributed by atoms with Gasteiger partial charge < -0.3 is 10.4 Å². The number of aliphatic carboxylic acids is 1. The van der Waals surface area contributed by atoms with E-state index >= 15 is 0 Å². The maximum absolute atomic E-state index is 11.4. The number of hydrogen-bond donors (Lipinski definition) is 2. The molecule has 0 radical (unpaired) electrons. The molecule has 0 aliphatic heterocycles. The van der Waals surface area contributed by atoms with Gasteiger partial charge in [0.25, 0.3) is 5.69 Å². The summed E-state index contributed by atoms with van der Waals surface area (Å²) >= 11 is 0. The number of carboxylic acids is 1. The molecule has 0 fully saturated rings. The number of nitrogens with zero attached hydrogens (tertiary/aromatic N) is 3. The zero-order chi connectivity index (χ0) is 15.6. The van der Waals surface area contributed by atoms with Gasteiger partial charge in [0.1, 0.15) is 17.7 Å². The fourth-order valence-electron chi connectivity index (χ4n) is 1.81. The van der Waals surface area contributed by atoms with Gasteiger partial charge >= 0.3 is 5.97 Å². The minimum atomic E-state index is -1.22. The zero-order valence-electron chi connectivity index (χ0n) is 11.5. The quantitative estimate of drug-likeness (QED) is 0.640. The lowest BCUT2D eigenvalue weighted by molar-refractivity contribution is -0.384. The average molecular weight is 290 g/mol. The molecule has 0 spiro atoms. The van der Waals surface area contributed by atoms with Crippen LogP contribution in [0.1, 0.15) is 20.3 Å². The normalized spacial score (nSPS) is 13.6. The van der Waals surface area contributed by atoms with Gasteiger partial charge in [-0.15, -0.1) is 0 Å². The van der Waals surface area contributed by atoms with E-state index < -0.39 is 16.4 Å². The topological polar surface area (TPSA) is 118 Å². The number of non-ortho nitro benzene ring substituents is 1. The Labute approximate surface area is 120 Å². The minimum absolute atomic E-state index is 0.103. The van der Waals surface area contributed by atoms with Gasteiger partial charge in [0, 0.05) is 17.5 Å². The van der Waals surface area contributed by atoms with Crippen molar-refractivity contribution in [1.29, 1.82) is 0 Å². The molecule has 21 heavy (non-hydrogen) atoms. The van der Waals surface area contributed by atoms with Crippen LogP contribution in [0.25, 0.3) is 10.9 Å². The number of nitro benzene ring substituents is 1. The summed E-state index contributed by atoms with van der Waals surface area (Å²) in [6, 6.07) is 4.18. The third-order valence-electron chi connectivity index (χ3n) is 3.40. The van der Waals surface area contributed by atoms with Gasteiger partial charge in [-0.1, -0.05) is 6.92 Å². The number of carbonyl (C=O) groups is 1. The monoisotopic (exact) mass is 290 g/mol. The van der Waals surface area contributed by atoms with Gasteiger partial charge in [-0.25, -0.2) is 14.8 Å². The molecule has 8 nitrogen and oxygen atoms in total. The highest BCUT2D eigenvalue weighted by Gasteiger charge is 2.31. The number of rotatable bonds is 5. The van der Waals surface area contributed by atoms with Gasteiger partial charge in [-0.05, 0) is 19.4 Å². The number of nitrogens with one attached hydrogen (secondary N) is 1. The van der Waals surface area contributed by atoms with Gasteiger partial charge in [0.05, 0.1) is 10.4 Å². The Hall–Kier alpha value is -2.77. The average Bonchev–Trinajstić information content (AvgIpc) is 2.46. The Balaban J connectivity index is 2.55. The Morgan fingerprint density at radius 2 is 2.19 bits per heavy atom. The number of hydrogen-bond acceptors (Lipinski definition) is 6. The van der Waals surface area contributed by atoms with E-state index in [1.165, 1.54) is 31.5 Å². The maximum Gasteiger partial charge on any atom is 0.329 e. The molecule has 8 heteroatoms. The van der Waals surface area contributed by atoms with E-state index in [0.717, 1.165) is 0 Å². The van der Waals surface area contributed by atoms with Crippen LogP contribution in [0.15, 0.2) is 24.5 Å². The first-order valence-corrected chi connectivity index (χ1v) is 6.28. The molecule has 0 amide bonds. The lowest BCUT2D eigenvalue weighted by Crippen LogP contribution is -2.43. The van der Waals surface area contributed by atoms with Crippen LogP contribution in [0.5, 0.6) is 0 Å². The summed E-state index contributed by atoms with van der Waals surface area (Å²) in [4.78, 5) is 29.7. The maximum atomic E-state index is 11.4. The molecule has 1 aromatic heterocycles. The molecule has 1 aromatic carbocycles. The van der Waals surface area contributed by atoms with E-state index in [2.05, 4.69) is 15.3 Å². The molecular weight excluding hydrogens is 276 g/mol. The Kier molecular flexibility index (Phi) is 3.70. The largest absolute Gasteiger partial charge is 0.480 e. The smallest absolute Gasteiger partial charge is 0.329 e. The van der Waals surface area contributed by atoms with E-state index in [-0.39, 0.29) is 11.5 Å². The summed E-state index contributed by atoms with van der Waals surface area (Å²) in [5.41, 5.74) is -0.817. The van der Waals surface area contributed by atoms with Crippen molar-refractivity contribution in [3.63, 3.8) is 0 Å². The van der Waals surface area contributed by atoms with Crippen molar-refractivity contribution in [1.82, 2.24) is 9.97 Å². The predicted molar refractivity (Wildman–Crippen MR) is 76.1 cm³/mol. The van der Waals surface area contributed by atoms with Crippen molar-refractivity contribution in [2.24, 2.45) is 0 Å². The Bertz CT molecular complexity index is 718. The van der Waals surface area contributed by atoms with Gasteiger partial charge in [0.15, 0.2) is 0 Å². The summed E-state index contributed by atoms with van der Waals surface area (Å²) in [5.74, 6) is -0.766. The number of carboxylic acid groups (broad SMARTS) is 1. The van der Waals surface area contributed by atoms with Gasteiger partial charge in [-0.3, -0.25) is 10.1 Å². The molecule has 110 valence electrons. The Morgan fingerprint density at radius 1 is 1.48 bits per heavy atom. The summed E-state index contributed by atoms with van der Waals surface area (Å²) < 4.78 is 0. The zero-order valence-corrected chi connectivity index (χ0v) is 11.5. The first kappa shape index (κ1) is 14.6. The van der Waals surface area contributed by atoms with E-state index in [9.17, 15) is 20.0 Å². The van der Waals surface area contributed by atoms with E-state index in [1.807, 2.05) is 0 Å². The van der Waals surface area contributed by atoms with E-state index in [4.69, 9.17) is 0 Å². The molecule has 1 heterocycles. The fraction of sp³-hybridized carbons (Fsp3) is 0.308. The second kappa shape index (κ2) is 5.31. The van der Waals surface area contributed by atoms with Crippen LogP contribution in [0, 0.1) is 10.1 Å². The summed E-state index contributed by atoms with van der Waals surface area (Å²) in [7, 11) is 0. The van der Waals surface area contributed by atoms with Crippen LogP contribution in [-0.2, 0) is 4.79 Å². The van der Waals surface area contributed by atoms with Crippen molar-refractivity contribution in [2.75, 3.05) is 5.32 Å². The molecule has 2 aromatic rings. The highest BCUT2D eigenvalue weighted by molar-refractivity contribution is 5.93. The number of nitro groups is 1.